The van der Waals surface area contributed by atoms with Gasteiger partial charge in [0.2, 0.25) is 0 Å². The first kappa shape index (κ1) is 14.2. The standard InChI is InChI=1S/C16H20FN3O/c1-12-16(19-21-18-12)11-20-8-6-13(7-9-20)10-14-4-2-3-5-15(14)17/h2-5,13H,6-11H2,1H3. The summed E-state index contributed by atoms with van der Waals surface area (Å²) in [5.74, 6) is 0.485. The molecule has 0 atom stereocenters. The number of hydrogen-bond acceptors (Lipinski definition) is 4. The highest BCUT2D eigenvalue weighted by molar-refractivity contribution is 5.18. The van der Waals surface area contributed by atoms with Gasteiger partial charge < -0.3 is 0 Å². The van der Waals surface area contributed by atoms with Crippen LogP contribution < -0.4 is 0 Å². The Morgan fingerprint density at radius 2 is 2.00 bits per heavy atom. The summed E-state index contributed by atoms with van der Waals surface area (Å²) in [7, 11) is 0. The van der Waals surface area contributed by atoms with E-state index >= 15 is 0 Å². The van der Waals surface area contributed by atoms with Crippen LogP contribution in [0.3, 0.4) is 0 Å². The van der Waals surface area contributed by atoms with Crippen molar-refractivity contribution in [2.24, 2.45) is 5.92 Å². The second-order valence-corrected chi connectivity index (χ2v) is 5.81. The second-order valence-electron chi connectivity index (χ2n) is 5.81. The molecule has 0 saturated carbocycles. The molecule has 0 aliphatic carbocycles. The average Bonchev–Trinajstić information content (AvgIpc) is 2.89. The van der Waals surface area contributed by atoms with Crippen molar-refractivity contribution in [1.82, 2.24) is 15.2 Å². The van der Waals surface area contributed by atoms with Crippen LogP contribution in [0.25, 0.3) is 0 Å². The SMILES string of the molecule is Cc1nonc1CN1CCC(Cc2ccccc2F)CC1. The van der Waals surface area contributed by atoms with E-state index in [2.05, 4.69) is 15.2 Å². The van der Waals surface area contributed by atoms with Crippen LogP contribution in [0.2, 0.25) is 0 Å². The summed E-state index contributed by atoms with van der Waals surface area (Å²) < 4.78 is 18.4. The van der Waals surface area contributed by atoms with E-state index < -0.39 is 0 Å². The highest BCUT2D eigenvalue weighted by Gasteiger charge is 2.21. The summed E-state index contributed by atoms with van der Waals surface area (Å²) in [5, 5.41) is 7.74. The van der Waals surface area contributed by atoms with E-state index in [1.807, 2.05) is 19.1 Å². The molecule has 0 N–H and O–H groups in total. The predicted octanol–water partition coefficient (Wildman–Crippen LogP) is 2.97. The van der Waals surface area contributed by atoms with Crippen molar-refractivity contribution in [3.8, 4) is 0 Å². The number of hydrogen-bond donors (Lipinski definition) is 0. The molecule has 0 bridgehead atoms. The van der Waals surface area contributed by atoms with Gasteiger partial charge in [-0.15, -0.1) is 0 Å². The molecule has 5 heteroatoms. The third-order valence-corrected chi connectivity index (χ3v) is 4.29. The number of rotatable bonds is 4. The van der Waals surface area contributed by atoms with Gasteiger partial charge in [0.1, 0.15) is 17.2 Å². The maximum absolute atomic E-state index is 13.7. The van der Waals surface area contributed by atoms with Crippen LogP contribution >= 0.6 is 0 Å². The van der Waals surface area contributed by atoms with Crippen LogP contribution in [0.15, 0.2) is 28.9 Å². The molecular weight excluding hydrogens is 269 g/mol. The van der Waals surface area contributed by atoms with Crippen molar-refractivity contribution < 1.29 is 9.02 Å². The van der Waals surface area contributed by atoms with Gasteiger partial charge in [0.05, 0.1) is 0 Å². The molecule has 0 amide bonds. The lowest BCUT2D eigenvalue weighted by Gasteiger charge is -2.31. The predicted molar refractivity (Wildman–Crippen MR) is 77.1 cm³/mol. The lowest BCUT2D eigenvalue weighted by atomic mass is 9.90. The fraction of sp³-hybridized carbons (Fsp3) is 0.500. The van der Waals surface area contributed by atoms with Gasteiger partial charge in [-0.1, -0.05) is 28.5 Å². The van der Waals surface area contributed by atoms with Gasteiger partial charge in [-0.3, -0.25) is 4.90 Å². The minimum Gasteiger partial charge on any atom is -0.297 e. The maximum atomic E-state index is 13.7. The van der Waals surface area contributed by atoms with Crippen LogP contribution in [-0.4, -0.2) is 28.3 Å². The Morgan fingerprint density at radius 1 is 1.24 bits per heavy atom. The van der Waals surface area contributed by atoms with Gasteiger partial charge in [-0.25, -0.2) is 9.02 Å². The van der Waals surface area contributed by atoms with E-state index in [0.29, 0.717) is 5.92 Å². The van der Waals surface area contributed by atoms with Crippen molar-refractivity contribution >= 4 is 0 Å². The molecule has 1 aliphatic rings. The summed E-state index contributed by atoms with van der Waals surface area (Å²) in [6.07, 6.45) is 3.03. The van der Waals surface area contributed by atoms with Crippen molar-refractivity contribution in [3.63, 3.8) is 0 Å². The molecule has 2 heterocycles. The monoisotopic (exact) mass is 289 g/mol. The number of piperidine rings is 1. The first-order valence-electron chi connectivity index (χ1n) is 7.46. The first-order valence-corrected chi connectivity index (χ1v) is 7.46. The number of aryl methyl sites for hydroxylation is 1. The van der Waals surface area contributed by atoms with Crippen LogP contribution in [0.1, 0.15) is 29.8 Å². The number of aromatic nitrogens is 2. The molecule has 1 aliphatic heterocycles. The van der Waals surface area contributed by atoms with Gasteiger partial charge >= 0.3 is 0 Å². The molecule has 3 rings (SSSR count). The Balaban J connectivity index is 1.51. The normalized spacial score (nSPS) is 17.2. The zero-order chi connectivity index (χ0) is 14.7. The zero-order valence-electron chi connectivity index (χ0n) is 12.3. The largest absolute Gasteiger partial charge is 0.297 e. The lowest BCUT2D eigenvalue weighted by Crippen LogP contribution is -2.34. The third kappa shape index (κ3) is 3.47. The summed E-state index contributed by atoms with van der Waals surface area (Å²) in [6, 6.07) is 7.10. The van der Waals surface area contributed by atoms with Crippen molar-refractivity contribution in [3.05, 3.63) is 47.0 Å². The average molecular weight is 289 g/mol. The van der Waals surface area contributed by atoms with Gasteiger partial charge in [-0.2, -0.15) is 0 Å². The van der Waals surface area contributed by atoms with Crippen LogP contribution in [0.4, 0.5) is 4.39 Å². The Morgan fingerprint density at radius 3 is 2.67 bits per heavy atom. The molecule has 0 unspecified atom stereocenters. The Hall–Kier alpha value is -1.75. The summed E-state index contributed by atoms with van der Waals surface area (Å²) >= 11 is 0. The minimum absolute atomic E-state index is 0.0794. The molecule has 112 valence electrons. The Kier molecular flexibility index (Phi) is 4.29. The molecular formula is C16H20FN3O. The third-order valence-electron chi connectivity index (χ3n) is 4.29. The van der Waals surface area contributed by atoms with Crippen molar-refractivity contribution in [2.75, 3.05) is 13.1 Å². The molecule has 1 fully saturated rings. The van der Waals surface area contributed by atoms with Crippen LogP contribution in [0.5, 0.6) is 0 Å². The number of likely N-dealkylation sites (tertiary alicyclic amines) is 1. The summed E-state index contributed by atoms with van der Waals surface area (Å²) in [5.41, 5.74) is 2.62. The molecule has 21 heavy (non-hydrogen) atoms. The number of nitrogens with zero attached hydrogens (tertiary/aromatic N) is 3. The lowest BCUT2D eigenvalue weighted by molar-refractivity contribution is 0.171. The van der Waals surface area contributed by atoms with E-state index in [1.165, 1.54) is 0 Å². The zero-order valence-corrected chi connectivity index (χ0v) is 12.3. The second kappa shape index (κ2) is 6.35. The number of benzene rings is 1. The molecule has 1 aromatic carbocycles. The van der Waals surface area contributed by atoms with Crippen molar-refractivity contribution in [2.45, 2.75) is 32.7 Å². The van der Waals surface area contributed by atoms with Gasteiger partial charge in [0, 0.05) is 6.54 Å². The summed E-state index contributed by atoms with van der Waals surface area (Å²) in [4.78, 5) is 2.37. The molecule has 1 saturated heterocycles. The quantitative estimate of drug-likeness (QED) is 0.868. The van der Waals surface area contributed by atoms with Crippen LogP contribution in [0, 0.1) is 18.7 Å². The Labute approximate surface area is 123 Å². The van der Waals surface area contributed by atoms with Gasteiger partial charge in [-0.05, 0) is 56.8 Å². The Bertz CT molecular complexity index is 591. The highest BCUT2D eigenvalue weighted by Crippen LogP contribution is 2.23. The van der Waals surface area contributed by atoms with E-state index in [4.69, 9.17) is 4.63 Å². The number of halogens is 1. The molecule has 4 nitrogen and oxygen atoms in total. The van der Waals surface area contributed by atoms with E-state index in [0.717, 1.165) is 55.8 Å². The van der Waals surface area contributed by atoms with Crippen LogP contribution in [-0.2, 0) is 13.0 Å². The minimum atomic E-state index is -0.0794. The molecule has 0 radical (unpaired) electrons. The maximum Gasteiger partial charge on any atom is 0.126 e. The summed E-state index contributed by atoms with van der Waals surface area (Å²) in [6.45, 7) is 4.75. The van der Waals surface area contributed by atoms with Gasteiger partial charge in [0.25, 0.3) is 0 Å². The highest BCUT2D eigenvalue weighted by atomic mass is 19.1. The van der Waals surface area contributed by atoms with E-state index in [1.54, 1.807) is 12.1 Å². The first-order chi connectivity index (χ1) is 10.2. The van der Waals surface area contributed by atoms with E-state index in [-0.39, 0.29) is 5.82 Å². The van der Waals surface area contributed by atoms with Gasteiger partial charge in [0.15, 0.2) is 0 Å². The molecule has 0 spiro atoms. The topological polar surface area (TPSA) is 42.2 Å². The fourth-order valence-corrected chi connectivity index (χ4v) is 2.93. The van der Waals surface area contributed by atoms with Crippen molar-refractivity contribution in [1.29, 1.82) is 0 Å². The molecule has 1 aromatic heterocycles. The molecule has 2 aromatic rings. The fourth-order valence-electron chi connectivity index (χ4n) is 2.93. The van der Waals surface area contributed by atoms with E-state index in [9.17, 15) is 4.39 Å². The smallest absolute Gasteiger partial charge is 0.126 e.